The van der Waals surface area contributed by atoms with E-state index in [2.05, 4.69) is 77.9 Å². The van der Waals surface area contributed by atoms with E-state index in [9.17, 15) is 20.1 Å². The van der Waals surface area contributed by atoms with Crippen LogP contribution in [0, 0.1) is 22.7 Å². The Bertz CT molecular complexity index is 2830. The van der Waals surface area contributed by atoms with Gasteiger partial charge in [-0.15, -0.1) is 0 Å². The highest BCUT2D eigenvalue weighted by Crippen LogP contribution is 2.48. The second-order valence-corrected chi connectivity index (χ2v) is 18.8. The fourth-order valence-corrected chi connectivity index (χ4v) is 10.7. The number of anilines is 4. The molecule has 6 aliphatic rings. The van der Waals surface area contributed by atoms with Crippen LogP contribution in [0.2, 0.25) is 0 Å². The van der Waals surface area contributed by atoms with Crippen LogP contribution in [0.15, 0.2) is 61.2 Å². The van der Waals surface area contributed by atoms with E-state index in [4.69, 9.17) is 19.7 Å². The largest absolute Gasteiger partial charge is 0.377 e. The van der Waals surface area contributed by atoms with Crippen molar-refractivity contribution in [1.82, 2.24) is 48.9 Å². The Hall–Kier alpha value is -7.28. The minimum Gasteiger partial charge on any atom is -0.377 e. The Morgan fingerprint density at radius 1 is 0.647 bits per heavy atom. The lowest BCUT2D eigenvalue weighted by atomic mass is 9.95. The molecule has 10 heterocycles. The van der Waals surface area contributed by atoms with Crippen molar-refractivity contribution in [2.24, 2.45) is 14.1 Å². The van der Waals surface area contributed by atoms with Gasteiger partial charge >= 0.3 is 0 Å². The summed E-state index contributed by atoms with van der Waals surface area (Å²) >= 11 is 0. The number of carbonyl (C=O) groups is 2. The fraction of sp³-hybridized carbons (Fsp3) is 0.440. The van der Waals surface area contributed by atoms with Crippen molar-refractivity contribution in [2.75, 3.05) is 62.4 Å². The van der Waals surface area contributed by atoms with Crippen LogP contribution in [0.3, 0.4) is 0 Å². The van der Waals surface area contributed by atoms with Crippen LogP contribution >= 0.6 is 0 Å². The smallest absolute Gasteiger partial charge is 0.219 e. The molecule has 2 fully saturated rings. The Morgan fingerprint density at radius 3 is 1.41 bits per heavy atom. The van der Waals surface area contributed by atoms with Gasteiger partial charge in [0.2, 0.25) is 11.8 Å². The lowest BCUT2D eigenvalue weighted by Gasteiger charge is -2.31. The zero-order chi connectivity index (χ0) is 46.8. The summed E-state index contributed by atoms with van der Waals surface area (Å²) in [5.41, 5.74) is 13.5. The Morgan fingerprint density at radius 2 is 1.07 bits per heavy atom. The minimum absolute atomic E-state index is 0.0848. The van der Waals surface area contributed by atoms with Crippen LogP contribution in [-0.2, 0) is 59.1 Å². The lowest BCUT2D eigenvalue weighted by molar-refractivity contribution is -0.130. The molecule has 18 nitrogen and oxygen atoms in total. The average molecular weight is 915 g/mol. The van der Waals surface area contributed by atoms with Gasteiger partial charge in [-0.25, -0.2) is 0 Å². The molecule has 0 aliphatic carbocycles. The highest BCUT2D eigenvalue weighted by atomic mass is 16.5. The third-order valence-corrected chi connectivity index (χ3v) is 14.5. The van der Waals surface area contributed by atoms with Gasteiger partial charge in [-0.3, -0.25) is 28.3 Å². The fourth-order valence-electron chi connectivity index (χ4n) is 10.7. The number of rotatable bonds is 8. The van der Waals surface area contributed by atoms with E-state index in [-0.39, 0.29) is 35.7 Å². The maximum Gasteiger partial charge on any atom is 0.219 e. The van der Waals surface area contributed by atoms with Crippen molar-refractivity contribution in [3.05, 3.63) is 94.8 Å². The molecule has 2 saturated heterocycles. The second-order valence-electron chi connectivity index (χ2n) is 18.8. The van der Waals surface area contributed by atoms with Crippen molar-refractivity contribution in [3.63, 3.8) is 0 Å². The van der Waals surface area contributed by atoms with E-state index in [0.717, 1.165) is 80.4 Å². The topological polar surface area (TPSA) is 184 Å². The van der Waals surface area contributed by atoms with Gasteiger partial charge in [-0.2, -0.15) is 30.9 Å². The van der Waals surface area contributed by atoms with E-state index in [1.165, 1.54) is 11.4 Å². The number of amides is 2. The first-order chi connectivity index (χ1) is 33.1. The summed E-state index contributed by atoms with van der Waals surface area (Å²) < 4.78 is 18.8. The Labute approximate surface area is 394 Å². The molecule has 0 N–H and O–H groups in total. The van der Waals surface area contributed by atoms with E-state index >= 15 is 0 Å². The van der Waals surface area contributed by atoms with Crippen molar-refractivity contribution >= 4 is 34.8 Å². The molecular weight excluding hydrogens is 861 g/mol. The molecule has 4 aromatic heterocycles. The predicted octanol–water partition coefficient (Wildman–Crippen LogP) is 5.82. The van der Waals surface area contributed by atoms with Crippen LogP contribution in [0.25, 0.3) is 22.3 Å². The average Bonchev–Trinajstić information content (AvgIpc) is 4.17. The monoisotopic (exact) mass is 914 g/mol. The number of ether oxygens (including phenoxy) is 2. The highest BCUT2D eigenvalue weighted by molar-refractivity contribution is 5.80. The summed E-state index contributed by atoms with van der Waals surface area (Å²) in [7, 11) is 3.82. The van der Waals surface area contributed by atoms with E-state index < -0.39 is 0 Å². The molecule has 18 heteroatoms. The molecule has 348 valence electrons. The first kappa shape index (κ1) is 43.3. The number of aryl methyl sites for hydroxylation is 2. The number of benzene rings is 2. The molecule has 12 rings (SSSR count). The number of aromatic nitrogens is 8. The Kier molecular flexibility index (Phi) is 11.1. The van der Waals surface area contributed by atoms with Gasteiger partial charge in [0.25, 0.3) is 0 Å². The van der Waals surface area contributed by atoms with Crippen molar-refractivity contribution in [1.29, 1.82) is 10.5 Å². The molecule has 6 aliphatic heterocycles. The van der Waals surface area contributed by atoms with Crippen LogP contribution in [0.4, 0.5) is 23.0 Å². The summed E-state index contributed by atoms with van der Waals surface area (Å²) in [6, 6.07) is 18.1. The number of hydrogen-bond donors (Lipinski definition) is 0. The van der Waals surface area contributed by atoms with Gasteiger partial charge in [0.05, 0.1) is 76.1 Å². The van der Waals surface area contributed by atoms with Crippen molar-refractivity contribution in [2.45, 2.75) is 76.5 Å². The van der Waals surface area contributed by atoms with E-state index in [1.54, 1.807) is 23.2 Å². The van der Waals surface area contributed by atoms with Gasteiger partial charge in [0, 0.05) is 149 Å². The molecule has 0 spiro atoms. The normalized spacial score (nSPS) is 19.5. The van der Waals surface area contributed by atoms with Gasteiger partial charge in [0.1, 0.15) is 0 Å². The maximum atomic E-state index is 12.2. The predicted molar refractivity (Wildman–Crippen MR) is 251 cm³/mol. The molecule has 6 aromatic rings. The van der Waals surface area contributed by atoms with Crippen molar-refractivity contribution < 1.29 is 19.1 Å². The molecule has 2 atom stereocenters. The number of nitriles is 2. The van der Waals surface area contributed by atoms with Gasteiger partial charge in [-0.1, -0.05) is 12.1 Å². The third-order valence-electron chi connectivity index (χ3n) is 14.5. The summed E-state index contributed by atoms with van der Waals surface area (Å²) in [4.78, 5) is 32.7. The van der Waals surface area contributed by atoms with Crippen LogP contribution in [0.5, 0.6) is 0 Å². The lowest BCUT2D eigenvalue weighted by Crippen LogP contribution is -2.37. The molecule has 0 bridgehead atoms. The van der Waals surface area contributed by atoms with Crippen LogP contribution in [0.1, 0.15) is 84.3 Å². The molecule has 0 unspecified atom stereocenters. The summed E-state index contributed by atoms with van der Waals surface area (Å²) in [6.07, 6.45) is 10.2. The molecule has 0 saturated carbocycles. The molecule has 0 radical (unpaired) electrons. The highest BCUT2D eigenvalue weighted by Gasteiger charge is 2.40. The molecular formula is C50H54N14O4. The zero-order valence-electron chi connectivity index (χ0n) is 38.9. The van der Waals surface area contributed by atoms with Crippen molar-refractivity contribution in [3.8, 4) is 34.4 Å². The number of hydrogen-bond acceptors (Lipinski definition) is 12. The summed E-state index contributed by atoms with van der Waals surface area (Å²) in [5.74, 6) is 2.17. The second kappa shape index (κ2) is 17.4. The first-order valence-corrected chi connectivity index (χ1v) is 23.5. The number of nitrogens with zero attached hydrogens (tertiary/aromatic N) is 14. The molecule has 2 aromatic carbocycles. The summed E-state index contributed by atoms with van der Waals surface area (Å²) in [5, 5.41) is 37.9. The third kappa shape index (κ3) is 7.57. The van der Waals surface area contributed by atoms with Gasteiger partial charge in [-0.05, 0) is 46.5 Å². The maximum absolute atomic E-state index is 12.2. The van der Waals surface area contributed by atoms with Crippen LogP contribution in [-0.4, -0.2) is 113 Å². The van der Waals surface area contributed by atoms with Crippen LogP contribution < -0.4 is 9.80 Å². The first-order valence-electron chi connectivity index (χ1n) is 23.5. The Balaban J connectivity index is 0.000000149. The number of fused-ring (bicyclic) bond motifs is 4. The van der Waals surface area contributed by atoms with E-state index in [1.807, 2.05) is 48.7 Å². The SMILES string of the molecule is CC(=O)N1CCc2c(c(N3C[C@@H](CC#N)c4cc(-c5cnn(C)c5)ccc43)nn2C2COC2)C1.CC(=O)N1CCc2c(c(N3C[C@H](CC#N)c4cc(-c5cnn(C)c5)ccc43)nn2C2COC2)C1. The standard InChI is InChI=1S/2C25H27N7O2/c2*1-16(33)30-8-6-24-22(13-30)25(28-32(24)20-14-34-15-20)31-12-18(5-7-26)21-9-17(3-4-23(21)31)19-10-27-29(2)11-19/h2*3-4,9-11,18,20H,5-6,8,12-15H2,1-2H3/t2*18-/m10/s1. The van der Waals surface area contributed by atoms with E-state index in [0.29, 0.717) is 78.5 Å². The molecule has 68 heavy (non-hydrogen) atoms. The van der Waals surface area contributed by atoms with Gasteiger partial charge < -0.3 is 29.1 Å². The molecule has 2 amide bonds. The summed E-state index contributed by atoms with van der Waals surface area (Å²) in [6.45, 7) is 9.90. The quantitative estimate of drug-likeness (QED) is 0.179. The minimum atomic E-state index is 0.0848. The number of carbonyl (C=O) groups excluding carboxylic acids is 2. The van der Waals surface area contributed by atoms with Gasteiger partial charge in [0.15, 0.2) is 11.6 Å². The zero-order valence-corrected chi connectivity index (χ0v) is 38.9.